The lowest BCUT2D eigenvalue weighted by atomic mass is 9.99. The Kier molecular flexibility index (Phi) is 2.89. The van der Waals surface area contributed by atoms with Crippen LogP contribution in [-0.4, -0.2) is 16.7 Å². The number of carboxylic acids is 1. The summed E-state index contributed by atoms with van der Waals surface area (Å²) in [5.74, 6) is -0.983. The molecule has 0 saturated heterocycles. The molecule has 0 heterocycles. The third-order valence-electron chi connectivity index (χ3n) is 1.80. The van der Waals surface area contributed by atoms with Gasteiger partial charge in [0.1, 0.15) is 5.67 Å². The number of carbonyl (C=O) groups is 1. The zero-order valence-corrected chi connectivity index (χ0v) is 8.25. The molecule has 1 rings (SSSR count). The number of alkyl halides is 1. The van der Waals surface area contributed by atoms with Crippen LogP contribution in [0.25, 0.3) is 0 Å². The summed E-state index contributed by atoms with van der Waals surface area (Å²) in [4.78, 5) is 10.6. The second kappa shape index (κ2) is 3.78. The molecule has 76 valence electrons. The molecule has 0 bridgehead atoms. The van der Waals surface area contributed by atoms with Crippen LogP contribution >= 0.6 is 0 Å². The number of rotatable bonds is 3. The van der Waals surface area contributed by atoms with Crippen LogP contribution in [0, 0.1) is 0 Å². The minimum Gasteiger partial charge on any atom is -0.478 e. The van der Waals surface area contributed by atoms with Gasteiger partial charge in [-0.1, -0.05) is 12.1 Å². The third-order valence-corrected chi connectivity index (χ3v) is 1.80. The third kappa shape index (κ3) is 3.17. The van der Waals surface area contributed by atoms with Crippen molar-refractivity contribution in [1.82, 2.24) is 0 Å². The van der Waals surface area contributed by atoms with E-state index in [2.05, 4.69) is 0 Å². The maximum absolute atomic E-state index is 13.3. The second-order valence-electron chi connectivity index (χ2n) is 3.90. The molecule has 0 aliphatic heterocycles. The molecule has 0 radical (unpaired) electrons. The van der Waals surface area contributed by atoms with Gasteiger partial charge >= 0.3 is 5.97 Å². The Hall–Kier alpha value is -1.38. The van der Waals surface area contributed by atoms with Gasteiger partial charge in [-0.15, -0.1) is 0 Å². The van der Waals surface area contributed by atoms with Crippen LogP contribution in [0.15, 0.2) is 24.3 Å². The van der Waals surface area contributed by atoms with Gasteiger partial charge in [0, 0.05) is 6.42 Å². The maximum Gasteiger partial charge on any atom is 0.335 e. The van der Waals surface area contributed by atoms with E-state index in [9.17, 15) is 9.18 Å². The van der Waals surface area contributed by atoms with Crippen molar-refractivity contribution in [1.29, 1.82) is 0 Å². The SMILES string of the molecule is CC(C)(F)Cc1cccc(C(=O)O)c1. The Morgan fingerprint density at radius 2 is 2.14 bits per heavy atom. The smallest absolute Gasteiger partial charge is 0.335 e. The van der Waals surface area contributed by atoms with Crippen molar-refractivity contribution in [2.45, 2.75) is 25.9 Å². The molecule has 0 fully saturated rings. The fourth-order valence-electron chi connectivity index (χ4n) is 1.30. The largest absolute Gasteiger partial charge is 0.478 e. The highest BCUT2D eigenvalue weighted by atomic mass is 19.1. The number of benzene rings is 1. The topological polar surface area (TPSA) is 37.3 Å². The highest BCUT2D eigenvalue weighted by Gasteiger charge is 2.16. The summed E-state index contributed by atoms with van der Waals surface area (Å²) >= 11 is 0. The molecular weight excluding hydrogens is 183 g/mol. The van der Waals surface area contributed by atoms with E-state index in [-0.39, 0.29) is 12.0 Å². The van der Waals surface area contributed by atoms with Gasteiger partial charge in [-0.25, -0.2) is 9.18 Å². The van der Waals surface area contributed by atoms with E-state index in [0.29, 0.717) is 5.56 Å². The number of hydrogen-bond donors (Lipinski definition) is 1. The van der Waals surface area contributed by atoms with Crippen molar-refractivity contribution in [3.05, 3.63) is 35.4 Å². The first-order valence-corrected chi connectivity index (χ1v) is 4.40. The van der Waals surface area contributed by atoms with Crippen LogP contribution in [0.1, 0.15) is 29.8 Å². The molecule has 0 amide bonds. The fraction of sp³-hybridized carbons (Fsp3) is 0.364. The van der Waals surface area contributed by atoms with E-state index in [1.54, 1.807) is 12.1 Å². The summed E-state index contributed by atoms with van der Waals surface area (Å²) in [6.07, 6.45) is 0.230. The molecule has 0 unspecified atom stereocenters. The first kappa shape index (κ1) is 10.7. The number of halogens is 1. The van der Waals surface area contributed by atoms with Gasteiger partial charge in [0.25, 0.3) is 0 Å². The Labute approximate surface area is 82.4 Å². The predicted molar refractivity (Wildman–Crippen MR) is 52.3 cm³/mol. The van der Waals surface area contributed by atoms with Crippen molar-refractivity contribution < 1.29 is 14.3 Å². The Morgan fingerprint density at radius 1 is 1.50 bits per heavy atom. The molecule has 0 saturated carbocycles. The lowest BCUT2D eigenvalue weighted by molar-refractivity contribution is 0.0696. The van der Waals surface area contributed by atoms with Crippen molar-refractivity contribution in [3.8, 4) is 0 Å². The quantitative estimate of drug-likeness (QED) is 0.806. The summed E-state index contributed by atoms with van der Waals surface area (Å²) in [5, 5.41) is 8.71. The van der Waals surface area contributed by atoms with E-state index < -0.39 is 11.6 Å². The molecule has 0 aliphatic rings. The van der Waals surface area contributed by atoms with Crippen LogP contribution in [0.5, 0.6) is 0 Å². The molecule has 3 heteroatoms. The van der Waals surface area contributed by atoms with Crippen LogP contribution in [0.4, 0.5) is 4.39 Å². The number of carboxylic acid groups (broad SMARTS) is 1. The minimum atomic E-state index is -1.31. The van der Waals surface area contributed by atoms with Gasteiger partial charge < -0.3 is 5.11 Å². The lowest BCUT2D eigenvalue weighted by Crippen LogP contribution is -2.15. The Balaban J connectivity index is 2.89. The molecule has 0 spiro atoms. The summed E-state index contributed by atoms with van der Waals surface area (Å²) in [6, 6.07) is 6.36. The van der Waals surface area contributed by atoms with Crippen LogP contribution in [0.3, 0.4) is 0 Å². The number of hydrogen-bond acceptors (Lipinski definition) is 1. The van der Waals surface area contributed by atoms with Crippen molar-refractivity contribution in [3.63, 3.8) is 0 Å². The monoisotopic (exact) mass is 196 g/mol. The van der Waals surface area contributed by atoms with Gasteiger partial charge in [-0.2, -0.15) is 0 Å². The molecule has 0 aliphatic carbocycles. The summed E-state index contributed by atoms with van der Waals surface area (Å²) in [5.41, 5.74) is -0.402. The van der Waals surface area contributed by atoms with Crippen molar-refractivity contribution >= 4 is 5.97 Å². The fourth-order valence-corrected chi connectivity index (χ4v) is 1.30. The molecule has 1 aromatic carbocycles. The van der Waals surface area contributed by atoms with Crippen LogP contribution < -0.4 is 0 Å². The van der Waals surface area contributed by atoms with E-state index in [4.69, 9.17) is 5.11 Å². The van der Waals surface area contributed by atoms with Crippen LogP contribution in [0.2, 0.25) is 0 Å². The highest BCUT2D eigenvalue weighted by molar-refractivity contribution is 5.87. The maximum atomic E-state index is 13.3. The van der Waals surface area contributed by atoms with Crippen molar-refractivity contribution in [2.75, 3.05) is 0 Å². The van der Waals surface area contributed by atoms with Gasteiger partial charge in [-0.3, -0.25) is 0 Å². The second-order valence-corrected chi connectivity index (χ2v) is 3.90. The summed E-state index contributed by atoms with van der Waals surface area (Å²) in [7, 11) is 0. The Bertz CT molecular complexity index is 339. The lowest BCUT2D eigenvalue weighted by Gasteiger charge is -2.13. The predicted octanol–water partition coefficient (Wildman–Crippen LogP) is 2.68. The van der Waals surface area contributed by atoms with E-state index in [1.807, 2.05) is 0 Å². The van der Waals surface area contributed by atoms with Gasteiger partial charge in [0.15, 0.2) is 0 Å². The zero-order valence-electron chi connectivity index (χ0n) is 8.25. The first-order valence-electron chi connectivity index (χ1n) is 4.40. The average Bonchev–Trinajstić information content (AvgIpc) is 2.01. The minimum absolute atomic E-state index is 0.201. The number of aromatic carboxylic acids is 1. The summed E-state index contributed by atoms with van der Waals surface area (Å²) in [6.45, 7) is 2.95. The van der Waals surface area contributed by atoms with Gasteiger partial charge in [0.05, 0.1) is 5.56 Å². The molecule has 0 atom stereocenters. The van der Waals surface area contributed by atoms with E-state index in [0.717, 1.165) is 0 Å². The first-order chi connectivity index (χ1) is 6.38. The van der Waals surface area contributed by atoms with Crippen LogP contribution in [-0.2, 0) is 6.42 Å². The zero-order chi connectivity index (χ0) is 10.8. The highest BCUT2D eigenvalue weighted by Crippen LogP contribution is 2.17. The standard InChI is InChI=1S/C11H13FO2/c1-11(2,12)7-8-4-3-5-9(6-8)10(13)14/h3-6H,7H2,1-2H3,(H,13,14). The molecular formula is C11H13FO2. The average molecular weight is 196 g/mol. The Morgan fingerprint density at radius 3 is 2.64 bits per heavy atom. The van der Waals surface area contributed by atoms with Crippen molar-refractivity contribution in [2.24, 2.45) is 0 Å². The van der Waals surface area contributed by atoms with E-state index >= 15 is 0 Å². The molecule has 0 aromatic heterocycles. The normalized spacial score (nSPS) is 11.4. The molecule has 14 heavy (non-hydrogen) atoms. The van der Waals surface area contributed by atoms with Gasteiger partial charge in [-0.05, 0) is 31.5 Å². The van der Waals surface area contributed by atoms with Gasteiger partial charge in [0.2, 0.25) is 0 Å². The molecule has 1 N–H and O–H groups in total. The molecule has 1 aromatic rings. The van der Waals surface area contributed by atoms with E-state index in [1.165, 1.54) is 26.0 Å². The summed E-state index contributed by atoms with van der Waals surface area (Å²) < 4.78 is 13.3. The molecule has 2 nitrogen and oxygen atoms in total.